The predicted molar refractivity (Wildman–Crippen MR) is 58.5 cm³/mol. The van der Waals surface area contributed by atoms with E-state index >= 15 is 0 Å². The first kappa shape index (κ1) is 10.8. The summed E-state index contributed by atoms with van der Waals surface area (Å²) in [4.78, 5) is 25.4. The average Bonchev–Trinajstić information content (AvgIpc) is 3.02. The van der Waals surface area contributed by atoms with Crippen LogP contribution < -0.4 is 5.11 Å². The van der Waals surface area contributed by atoms with Crippen molar-refractivity contribution in [2.75, 3.05) is 13.1 Å². The summed E-state index contributed by atoms with van der Waals surface area (Å²) < 4.78 is 0. The minimum atomic E-state index is -1.06. The Labute approximate surface area is 100 Å². The molecule has 4 nitrogen and oxygen atoms in total. The van der Waals surface area contributed by atoms with Crippen LogP contribution in [0.3, 0.4) is 0 Å². The standard InChI is InChI=1S/C13H17NO3/c15-12(14-5-1-2-6-14)10-8-3-4-9(7-8)11(10)13(16)17/h3-4,8-11H,1-2,5-7H2,(H,16,17)/p-1/t8-,9+,10+,11-/m0/s1. The molecule has 3 rings (SSSR count). The van der Waals surface area contributed by atoms with Crippen molar-refractivity contribution in [2.45, 2.75) is 19.3 Å². The van der Waals surface area contributed by atoms with Gasteiger partial charge in [0.15, 0.2) is 0 Å². The van der Waals surface area contributed by atoms with Crippen molar-refractivity contribution in [3.8, 4) is 0 Å². The lowest BCUT2D eigenvalue weighted by Gasteiger charge is -2.31. The van der Waals surface area contributed by atoms with Gasteiger partial charge in [-0.05, 0) is 31.1 Å². The Morgan fingerprint density at radius 3 is 2.24 bits per heavy atom. The highest BCUT2D eigenvalue weighted by Gasteiger charge is 2.49. The molecule has 3 aliphatic rings. The van der Waals surface area contributed by atoms with Crippen LogP contribution >= 0.6 is 0 Å². The molecule has 0 aromatic carbocycles. The second-order valence-corrected chi connectivity index (χ2v) is 5.35. The van der Waals surface area contributed by atoms with E-state index < -0.39 is 11.9 Å². The van der Waals surface area contributed by atoms with Crippen LogP contribution in [0.2, 0.25) is 0 Å². The highest BCUT2D eigenvalue weighted by Crippen LogP contribution is 2.48. The molecule has 92 valence electrons. The van der Waals surface area contributed by atoms with Gasteiger partial charge in [0.2, 0.25) is 5.91 Å². The molecule has 2 bridgehead atoms. The highest BCUT2D eigenvalue weighted by molar-refractivity contribution is 5.86. The number of likely N-dealkylation sites (tertiary alicyclic amines) is 1. The third kappa shape index (κ3) is 1.58. The van der Waals surface area contributed by atoms with Crippen LogP contribution in [-0.4, -0.2) is 29.9 Å². The van der Waals surface area contributed by atoms with Gasteiger partial charge in [-0.1, -0.05) is 12.2 Å². The predicted octanol–water partition coefficient (Wildman–Crippen LogP) is -0.203. The first-order valence-corrected chi connectivity index (χ1v) is 6.36. The molecule has 0 unspecified atom stereocenters. The molecule has 1 heterocycles. The summed E-state index contributed by atoms with van der Waals surface area (Å²) in [5, 5.41) is 11.2. The molecule has 0 spiro atoms. The van der Waals surface area contributed by atoms with Crippen molar-refractivity contribution < 1.29 is 14.7 Å². The maximum atomic E-state index is 12.4. The average molecular weight is 234 g/mol. The zero-order valence-corrected chi connectivity index (χ0v) is 9.67. The fraction of sp³-hybridized carbons (Fsp3) is 0.692. The molecule has 0 N–H and O–H groups in total. The zero-order chi connectivity index (χ0) is 12.0. The summed E-state index contributed by atoms with van der Waals surface area (Å²) >= 11 is 0. The number of rotatable bonds is 2. The van der Waals surface area contributed by atoms with Gasteiger partial charge < -0.3 is 14.8 Å². The third-order valence-corrected chi connectivity index (χ3v) is 4.43. The second kappa shape index (κ2) is 3.86. The molecule has 17 heavy (non-hydrogen) atoms. The first-order chi connectivity index (χ1) is 8.18. The van der Waals surface area contributed by atoms with Crippen molar-refractivity contribution in [1.82, 2.24) is 4.90 Å². The fourth-order valence-electron chi connectivity index (χ4n) is 3.63. The number of aliphatic carboxylic acids is 1. The third-order valence-electron chi connectivity index (χ3n) is 4.43. The van der Waals surface area contributed by atoms with E-state index in [4.69, 9.17) is 0 Å². The van der Waals surface area contributed by atoms with E-state index in [1.807, 2.05) is 17.1 Å². The lowest BCUT2D eigenvalue weighted by Crippen LogP contribution is -2.45. The molecular formula is C13H16NO3-. The van der Waals surface area contributed by atoms with Gasteiger partial charge in [0.1, 0.15) is 0 Å². The normalized spacial score (nSPS) is 38.9. The van der Waals surface area contributed by atoms with Crippen molar-refractivity contribution >= 4 is 11.9 Å². The van der Waals surface area contributed by atoms with Gasteiger partial charge in [0.25, 0.3) is 0 Å². The van der Waals surface area contributed by atoms with Gasteiger partial charge in [-0.15, -0.1) is 0 Å². The van der Waals surface area contributed by atoms with E-state index in [1.165, 1.54) is 0 Å². The van der Waals surface area contributed by atoms with Crippen LogP contribution in [0.15, 0.2) is 12.2 Å². The van der Waals surface area contributed by atoms with Crippen LogP contribution in [0.4, 0.5) is 0 Å². The summed E-state index contributed by atoms with van der Waals surface area (Å²) in [7, 11) is 0. The van der Waals surface area contributed by atoms with Crippen LogP contribution in [0.1, 0.15) is 19.3 Å². The van der Waals surface area contributed by atoms with E-state index in [0.29, 0.717) is 0 Å². The number of carbonyl (C=O) groups is 2. The monoisotopic (exact) mass is 234 g/mol. The van der Waals surface area contributed by atoms with E-state index in [9.17, 15) is 14.7 Å². The fourth-order valence-corrected chi connectivity index (χ4v) is 3.63. The van der Waals surface area contributed by atoms with Crippen molar-refractivity contribution in [3.63, 3.8) is 0 Å². The number of carboxylic acid groups (broad SMARTS) is 1. The Morgan fingerprint density at radius 2 is 1.65 bits per heavy atom. The lowest BCUT2D eigenvalue weighted by molar-refractivity contribution is -0.313. The van der Waals surface area contributed by atoms with Gasteiger partial charge in [-0.3, -0.25) is 4.79 Å². The topological polar surface area (TPSA) is 60.4 Å². The quantitative estimate of drug-likeness (QED) is 0.621. The number of carbonyl (C=O) groups excluding carboxylic acids is 2. The first-order valence-electron chi connectivity index (χ1n) is 6.36. The van der Waals surface area contributed by atoms with Gasteiger partial charge in [0, 0.05) is 25.0 Å². The molecule has 4 atom stereocenters. The Bertz CT molecular complexity index is 384. The molecule has 1 saturated carbocycles. The van der Waals surface area contributed by atoms with Gasteiger partial charge in [-0.2, -0.15) is 0 Å². The smallest absolute Gasteiger partial charge is 0.226 e. The number of hydrogen-bond donors (Lipinski definition) is 0. The number of hydrogen-bond acceptors (Lipinski definition) is 3. The molecule has 2 fully saturated rings. The van der Waals surface area contributed by atoms with Crippen LogP contribution in [0.25, 0.3) is 0 Å². The Kier molecular flexibility index (Phi) is 2.45. The molecular weight excluding hydrogens is 218 g/mol. The van der Waals surface area contributed by atoms with Gasteiger partial charge >= 0.3 is 0 Å². The summed E-state index contributed by atoms with van der Waals surface area (Å²) in [5.41, 5.74) is 0. The summed E-state index contributed by atoms with van der Waals surface area (Å²) in [6.45, 7) is 1.58. The number of amides is 1. The summed E-state index contributed by atoms with van der Waals surface area (Å²) in [6, 6.07) is 0. The van der Waals surface area contributed by atoms with E-state index in [2.05, 4.69) is 0 Å². The van der Waals surface area contributed by atoms with E-state index in [0.717, 1.165) is 32.4 Å². The largest absolute Gasteiger partial charge is 0.550 e. The van der Waals surface area contributed by atoms with Gasteiger partial charge in [-0.25, -0.2) is 0 Å². The highest BCUT2D eigenvalue weighted by atomic mass is 16.4. The van der Waals surface area contributed by atoms with Crippen LogP contribution in [-0.2, 0) is 9.59 Å². The zero-order valence-electron chi connectivity index (χ0n) is 9.67. The summed E-state index contributed by atoms with van der Waals surface area (Å²) in [5.74, 6) is -1.85. The maximum Gasteiger partial charge on any atom is 0.226 e. The Balaban J connectivity index is 1.83. The molecule has 0 aromatic rings. The molecule has 1 amide bonds. The molecule has 2 aliphatic carbocycles. The SMILES string of the molecule is O=C([O-])[C@@H]1[C@H](C(=O)N2CCCC2)[C@H]2C=C[C@@H]1C2. The number of nitrogens with zero attached hydrogens (tertiary/aromatic N) is 1. The van der Waals surface area contributed by atoms with Crippen LogP contribution in [0, 0.1) is 23.7 Å². The summed E-state index contributed by atoms with van der Waals surface area (Å²) in [6.07, 6.45) is 6.85. The van der Waals surface area contributed by atoms with Crippen molar-refractivity contribution in [1.29, 1.82) is 0 Å². The lowest BCUT2D eigenvalue weighted by atomic mass is 9.82. The second-order valence-electron chi connectivity index (χ2n) is 5.35. The van der Waals surface area contributed by atoms with Crippen molar-refractivity contribution in [2.24, 2.45) is 23.7 Å². The number of fused-ring (bicyclic) bond motifs is 2. The molecule has 0 aromatic heterocycles. The molecule has 0 radical (unpaired) electrons. The Hall–Kier alpha value is -1.32. The Morgan fingerprint density at radius 1 is 1.06 bits per heavy atom. The molecule has 1 aliphatic heterocycles. The molecule has 4 heteroatoms. The van der Waals surface area contributed by atoms with Gasteiger partial charge in [0.05, 0.1) is 5.92 Å². The van der Waals surface area contributed by atoms with Crippen molar-refractivity contribution in [3.05, 3.63) is 12.2 Å². The molecule has 1 saturated heterocycles. The maximum absolute atomic E-state index is 12.4. The number of carboxylic acids is 1. The minimum Gasteiger partial charge on any atom is -0.550 e. The van der Waals surface area contributed by atoms with E-state index in [1.54, 1.807) is 0 Å². The van der Waals surface area contributed by atoms with Crippen LogP contribution in [0.5, 0.6) is 0 Å². The number of allylic oxidation sites excluding steroid dienone is 2. The minimum absolute atomic E-state index is 0.0153. The van der Waals surface area contributed by atoms with E-state index in [-0.39, 0.29) is 23.7 Å².